The predicted octanol–water partition coefficient (Wildman–Crippen LogP) is 5.41. The lowest BCUT2D eigenvalue weighted by molar-refractivity contribution is 0.102. The zero-order valence-corrected chi connectivity index (χ0v) is 18.6. The Hall–Kier alpha value is -5.01. The summed E-state index contributed by atoms with van der Waals surface area (Å²) in [6, 6.07) is 22.1. The minimum absolute atomic E-state index is 0.240. The molecule has 0 saturated heterocycles. The number of nitrogens with zero attached hydrogens (tertiary/aromatic N) is 2. The number of ether oxygens (including phenoxy) is 1. The standard InChI is InChI=1S/C27H21N5O2/c1-30-24-6-4-3-5-21(24)27(33)32-20-8-9-25-22(13-20)23(16-31-25)19(15-29)12-18-11-17(14-28)7-10-26(18)34-2/h3-13,16,30-31H,1-2H3,(H,32,33)/b19-12+. The van der Waals surface area contributed by atoms with Crippen molar-refractivity contribution < 1.29 is 9.53 Å². The number of aromatic nitrogens is 1. The number of allylic oxidation sites excluding steroid dienone is 1. The second-order valence-corrected chi connectivity index (χ2v) is 7.45. The van der Waals surface area contributed by atoms with E-state index in [1.807, 2.05) is 30.3 Å². The van der Waals surface area contributed by atoms with Crippen LogP contribution in [0.25, 0.3) is 22.6 Å². The number of hydrogen-bond acceptors (Lipinski definition) is 5. The number of hydrogen-bond donors (Lipinski definition) is 3. The Bertz CT molecular complexity index is 1500. The van der Waals surface area contributed by atoms with Gasteiger partial charge in [0.25, 0.3) is 5.91 Å². The van der Waals surface area contributed by atoms with Crippen LogP contribution in [0.3, 0.4) is 0 Å². The fraction of sp³-hybridized carbons (Fsp3) is 0.0741. The quantitative estimate of drug-likeness (QED) is 0.342. The number of nitriles is 2. The van der Waals surface area contributed by atoms with Crippen LogP contribution in [-0.4, -0.2) is 25.0 Å². The molecule has 0 radical (unpaired) electrons. The van der Waals surface area contributed by atoms with Gasteiger partial charge < -0.3 is 20.4 Å². The third kappa shape index (κ3) is 4.32. The average molecular weight is 447 g/mol. The maximum atomic E-state index is 12.9. The number of fused-ring (bicyclic) bond motifs is 1. The number of aromatic amines is 1. The largest absolute Gasteiger partial charge is 0.496 e. The van der Waals surface area contributed by atoms with E-state index in [1.165, 1.54) is 7.11 Å². The van der Waals surface area contributed by atoms with Gasteiger partial charge in [0.1, 0.15) is 5.75 Å². The van der Waals surface area contributed by atoms with Gasteiger partial charge in [0.2, 0.25) is 0 Å². The molecule has 0 saturated carbocycles. The Morgan fingerprint density at radius 1 is 1.06 bits per heavy atom. The molecule has 0 aliphatic heterocycles. The lowest BCUT2D eigenvalue weighted by atomic mass is 10.0. The first-order chi connectivity index (χ1) is 16.6. The van der Waals surface area contributed by atoms with Gasteiger partial charge in [0.05, 0.1) is 35.9 Å². The number of amides is 1. The number of anilines is 2. The Morgan fingerprint density at radius 3 is 2.62 bits per heavy atom. The van der Waals surface area contributed by atoms with E-state index in [-0.39, 0.29) is 5.91 Å². The van der Waals surface area contributed by atoms with Crippen LogP contribution in [0.5, 0.6) is 5.75 Å². The van der Waals surface area contributed by atoms with Gasteiger partial charge in [-0.05, 0) is 54.6 Å². The summed E-state index contributed by atoms with van der Waals surface area (Å²) in [5, 5.41) is 25.9. The van der Waals surface area contributed by atoms with Crippen LogP contribution in [-0.2, 0) is 0 Å². The number of nitrogens with one attached hydrogen (secondary N) is 3. The molecule has 3 N–H and O–H groups in total. The summed E-state index contributed by atoms with van der Waals surface area (Å²) < 4.78 is 5.39. The molecule has 0 unspecified atom stereocenters. The lowest BCUT2D eigenvalue weighted by Gasteiger charge is -2.10. The Balaban J connectivity index is 1.73. The van der Waals surface area contributed by atoms with Gasteiger partial charge in [-0.2, -0.15) is 10.5 Å². The van der Waals surface area contributed by atoms with Crippen LogP contribution < -0.4 is 15.4 Å². The van der Waals surface area contributed by atoms with Crippen LogP contribution in [0.15, 0.2) is 66.9 Å². The molecule has 0 fully saturated rings. The van der Waals surface area contributed by atoms with Crippen molar-refractivity contribution in [1.29, 1.82) is 10.5 Å². The molecule has 1 aromatic heterocycles. The molecule has 3 aromatic carbocycles. The molecule has 7 heteroatoms. The minimum atomic E-state index is -0.240. The summed E-state index contributed by atoms with van der Waals surface area (Å²) in [4.78, 5) is 16.0. The van der Waals surface area contributed by atoms with Gasteiger partial charge in [-0.25, -0.2) is 0 Å². The van der Waals surface area contributed by atoms with Crippen LogP contribution >= 0.6 is 0 Å². The van der Waals surface area contributed by atoms with Crippen molar-refractivity contribution in [3.05, 3.63) is 89.1 Å². The van der Waals surface area contributed by atoms with E-state index in [0.29, 0.717) is 39.3 Å². The van der Waals surface area contributed by atoms with Gasteiger partial charge in [0, 0.05) is 46.6 Å². The molecular formula is C27H21N5O2. The van der Waals surface area contributed by atoms with E-state index in [4.69, 9.17) is 4.74 Å². The SMILES string of the molecule is CNc1ccccc1C(=O)Nc1ccc2[nH]cc(/C(C#N)=C/c3cc(C#N)ccc3OC)c2c1. The van der Waals surface area contributed by atoms with E-state index in [2.05, 4.69) is 27.8 Å². The van der Waals surface area contributed by atoms with E-state index in [1.54, 1.807) is 49.7 Å². The number of H-pyrrole nitrogens is 1. The van der Waals surface area contributed by atoms with Crippen molar-refractivity contribution in [2.24, 2.45) is 0 Å². The van der Waals surface area contributed by atoms with Crippen molar-refractivity contribution in [3.8, 4) is 17.9 Å². The van der Waals surface area contributed by atoms with Crippen molar-refractivity contribution >= 4 is 39.8 Å². The van der Waals surface area contributed by atoms with E-state index >= 15 is 0 Å². The Morgan fingerprint density at radius 2 is 1.88 bits per heavy atom. The molecule has 166 valence electrons. The zero-order valence-electron chi connectivity index (χ0n) is 18.6. The summed E-state index contributed by atoms with van der Waals surface area (Å²) in [5.74, 6) is 0.318. The van der Waals surface area contributed by atoms with Crippen molar-refractivity contribution in [1.82, 2.24) is 4.98 Å². The predicted molar refractivity (Wildman–Crippen MR) is 133 cm³/mol. The van der Waals surface area contributed by atoms with Gasteiger partial charge in [-0.3, -0.25) is 4.79 Å². The maximum absolute atomic E-state index is 12.9. The summed E-state index contributed by atoms with van der Waals surface area (Å²) in [6.07, 6.45) is 3.44. The van der Waals surface area contributed by atoms with E-state index in [0.717, 1.165) is 16.6 Å². The molecule has 0 aliphatic carbocycles. The fourth-order valence-corrected chi connectivity index (χ4v) is 3.76. The van der Waals surface area contributed by atoms with Gasteiger partial charge in [-0.15, -0.1) is 0 Å². The first-order valence-corrected chi connectivity index (χ1v) is 10.5. The highest BCUT2D eigenvalue weighted by molar-refractivity contribution is 6.09. The van der Waals surface area contributed by atoms with Gasteiger partial charge in [0.15, 0.2) is 0 Å². The van der Waals surface area contributed by atoms with Crippen LogP contribution in [0, 0.1) is 22.7 Å². The summed E-state index contributed by atoms with van der Waals surface area (Å²) in [7, 11) is 3.30. The molecular weight excluding hydrogens is 426 g/mol. The first kappa shape index (κ1) is 22.2. The molecule has 0 aliphatic rings. The number of carbonyl (C=O) groups is 1. The number of rotatable bonds is 6. The summed E-state index contributed by atoms with van der Waals surface area (Å²) in [6.45, 7) is 0. The van der Waals surface area contributed by atoms with Crippen LogP contribution in [0.1, 0.15) is 27.0 Å². The van der Waals surface area contributed by atoms with Crippen molar-refractivity contribution in [2.45, 2.75) is 0 Å². The Labute approximate surface area is 196 Å². The van der Waals surface area contributed by atoms with Crippen molar-refractivity contribution in [3.63, 3.8) is 0 Å². The first-order valence-electron chi connectivity index (χ1n) is 10.5. The smallest absolute Gasteiger partial charge is 0.257 e. The monoisotopic (exact) mass is 447 g/mol. The van der Waals surface area contributed by atoms with Crippen LogP contribution in [0.2, 0.25) is 0 Å². The molecule has 1 heterocycles. The molecule has 0 bridgehead atoms. The topological polar surface area (TPSA) is 114 Å². The fourth-order valence-electron chi connectivity index (χ4n) is 3.76. The van der Waals surface area contributed by atoms with Crippen LogP contribution in [0.4, 0.5) is 11.4 Å². The van der Waals surface area contributed by atoms with Gasteiger partial charge in [-0.1, -0.05) is 12.1 Å². The molecule has 4 aromatic rings. The highest BCUT2D eigenvalue weighted by Gasteiger charge is 2.14. The summed E-state index contributed by atoms with van der Waals surface area (Å²) in [5.41, 5.74) is 4.84. The molecule has 0 atom stereocenters. The second kappa shape index (κ2) is 9.64. The zero-order chi connectivity index (χ0) is 24.1. The molecule has 1 amide bonds. The van der Waals surface area contributed by atoms with Gasteiger partial charge >= 0.3 is 0 Å². The number of para-hydroxylation sites is 1. The highest BCUT2D eigenvalue weighted by atomic mass is 16.5. The normalized spacial score (nSPS) is 10.9. The number of methoxy groups -OCH3 is 1. The third-order valence-electron chi connectivity index (χ3n) is 5.45. The van der Waals surface area contributed by atoms with E-state index < -0.39 is 0 Å². The summed E-state index contributed by atoms with van der Waals surface area (Å²) >= 11 is 0. The van der Waals surface area contributed by atoms with E-state index in [9.17, 15) is 15.3 Å². The highest BCUT2D eigenvalue weighted by Crippen LogP contribution is 2.31. The molecule has 0 spiro atoms. The lowest BCUT2D eigenvalue weighted by Crippen LogP contribution is -2.13. The minimum Gasteiger partial charge on any atom is -0.496 e. The third-order valence-corrected chi connectivity index (χ3v) is 5.45. The molecule has 34 heavy (non-hydrogen) atoms. The number of benzene rings is 3. The number of carbonyl (C=O) groups excluding carboxylic acids is 1. The molecule has 7 nitrogen and oxygen atoms in total. The maximum Gasteiger partial charge on any atom is 0.257 e. The second-order valence-electron chi connectivity index (χ2n) is 7.45. The Kier molecular flexibility index (Phi) is 6.29. The molecule has 4 rings (SSSR count). The average Bonchev–Trinajstić information content (AvgIpc) is 3.30. The van der Waals surface area contributed by atoms with Crippen molar-refractivity contribution in [2.75, 3.05) is 24.8 Å².